The summed E-state index contributed by atoms with van der Waals surface area (Å²) in [6, 6.07) is 6.92. The number of anilines is 1. The van der Waals surface area contributed by atoms with Gasteiger partial charge in [-0.15, -0.1) is 0 Å². The molecular formula is C16H23ClN2. The van der Waals surface area contributed by atoms with Crippen molar-refractivity contribution < 1.29 is 0 Å². The first-order valence-electron chi connectivity index (χ1n) is 7.55. The van der Waals surface area contributed by atoms with Gasteiger partial charge in [-0.25, -0.2) is 0 Å². The highest BCUT2D eigenvalue weighted by molar-refractivity contribution is 6.31. The minimum atomic E-state index is 0.531. The van der Waals surface area contributed by atoms with Crippen LogP contribution in [0.4, 0.5) is 5.69 Å². The molecule has 2 aliphatic rings. The van der Waals surface area contributed by atoms with Crippen molar-refractivity contribution in [2.45, 2.75) is 51.1 Å². The second-order valence-electron chi connectivity index (χ2n) is 5.89. The van der Waals surface area contributed by atoms with Gasteiger partial charge >= 0.3 is 0 Å². The molecule has 0 radical (unpaired) electrons. The first-order chi connectivity index (χ1) is 9.31. The van der Waals surface area contributed by atoms with Crippen molar-refractivity contribution in [3.8, 4) is 0 Å². The van der Waals surface area contributed by atoms with Crippen LogP contribution in [0.3, 0.4) is 0 Å². The van der Waals surface area contributed by atoms with E-state index in [1.165, 1.54) is 44.2 Å². The van der Waals surface area contributed by atoms with Crippen molar-refractivity contribution in [3.05, 3.63) is 28.8 Å². The van der Waals surface area contributed by atoms with Crippen LogP contribution in [-0.2, 0) is 6.54 Å². The van der Waals surface area contributed by atoms with E-state index < -0.39 is 0 Å². The second-order valence-corrected chi connectivity index (χ2v) is 6.30. The minimum absolute atomic E-state index is 0.531. The van der Waals surface area contributed by atoms with Crippen molar-refractivity contribution in [1.82, 2.24) is 0 Å². The molecule has 3 heteroatoms. The Morgan fingerprint density at radius 2 is 1.95 bits per heavy atom. The van der Waals surface area contributed by atoms with E-state index in [0.717, 1.165) is 23.0 Å². The number of rotatable bonds is 3. The quantitative estimate of drug-likeness (QED) is 0.907. The highest BCUT2D eigenvalue weighted by Gasteiger charge is 2.34. The fourth-order valence-electron chi connectivity index (χ4n) is 3.94. The average Bonchev–Trinajstić information content (AvgIpc) is 3.09. The molecule has 1 aliphatic heterocycles. The van der Waals surface area contributed by atoms with Crippen LogP contribution in [0, 0.1) is 5.92 Å². The van der Waals surface area contributed by atoms with Crippen LogP contribution in [0.2, 0.25) is 5.02 Å². The molecule has 2 nitrogen and oxygen atoms in total. The van der Waals surface area contributed by atoms with E-state index in [4.69, 9.17) is 17.3 Å². The molecule has 1 saturated heterocycles. The zero-order valence-corrected chi connectivity index (χ0v) is 12.2. The van der Waals surface area contributed by atoms with E-state index in [-0.39, 0.29) is 0 Å². The van der Waals surface area contributed by atoms with E-state index >= 15 is 0 Å². The fraction of sp³-hybridized carbons (Fsp3) is 0.625. The molecule has 0 bridgehead atoms. The van der Waals surface area contributed by atoms with E-state index in [9.17, 15) is 0 Å². The Bertz CT molecular complexity index is 440. The Kier molecular flexibility index (Phi) is 3.99. The number of nitrogens with zero attached hydrogens (tertiary/aromatic N) is 1. The van der Waals surface area contributed by atoms with Crippen molar-refractivity contribution >= 4 is 17.3 Å². The first kappa shape index (κ1) is 13.3. The summed E-state index contributed by atoms with van der Waals surface area (Å²) in [4.78, 5) is 2.59. The molecule has 1 aromatic rings. The number of benzene rings is 1. The zero-order chi connectivity index (χ0) is 13.2. The van der Waals surface area contributed by atoms with E-state index in [2.05, 4.69) is 17.0 Å². The van der Waals surface area contributed by atoms with Crippen LogP contribution in [-0.4, -0.2) is 12.6 Å². The second kappa shape index (κ2) is 5.72. The van der Waals surface area contributed by atoms with Gasteiger partial charge in [-0.2, -0.15) is 0 Å². The van der Waals surface area contributed by atoms with E-state index in [1.807, 2.05) is 6.07 Å². The number of nitrogens with two attached hydrogens (primary N) is 1. The Morgan fingerprint density at radius 1 is 1.16 bits per heavy atom. The first-order valence-corrected chi connectivity index (χ1v) is 7.93. The lowest BCUT2D eigenvalue weighted by Gasteiger charge is -2.33. The van der Waals surface area contributed by atoms with Gasteiger partial charge < -0.3 is 10.6 Å². The van der Waals surface area contributed by atoms with Gasteiger partial charge in [0, 0.05) is 35.4 Å². The Labute approximate surface area is 120 Å². The predicted octanol–water partition coefficient (Wildman–Crippen LogP) is 3.96. The van der Waals surface area contributed by atoms with Gasteiger partial charge in [0.05, 0.1) is 0 Å². The molecule has 0 spiro atoms. The lowest BCUT2D eigenvalue weighted by molar-refractivity contribution is 0.430. The molecule has 3 rings (SSSR count). The number of hydrogen-bond donors (Lipinski definition) is 1. The van der Waals surface area contributed by atoms with Crippen LogP contribution in [0.5, 0.6) is 0 Å². The third-order valence-corrected chi connectivity index (χ3v) is 5.21. The molecule has 19 heavy (non-hydrogen) atoms. The molecule has 0 amide bonds. The summed E-state index contributed by atoms with van der Waals surface area (Å²) in [5.74, 6) is 0.882. The molecule has 1 heterocycles. The SMILES string of the molecule is NCc1c(Cl)cccc1N1CCCC1C1CCCC1. The lowest BCUT2D eigenvalue weighted by atomic mass is 9.95. The van der Waals surface area contributed by atoms with E-state index in [1.54, 1.807) is 0 Å². The van der Waals surface area contributed by atoms with Crippen LogP contribution in [0.15, 0.2) is 18.2 Å². The monoisotopic (exact) mass is 278 g/mol. The third-order valence-electron chi connectivity index (χ3n) is 4.85. The molecule has 1 unspecified atom stereocenters. The molecule has 104 valence electrons. The van der Waals surface area contributed by atoms with E-state index in [0.29, 0.717) is 12.6 Å². The zero-order valence-electron chi connectivity index (χ0n) is 11.4. The molecule has 1 aliphatic carbocycles. The van der Waals surface area contributed by atoms with Crippen LogP contribution in [0.1, 0.15) is 44.1 Å². The molecule has 1 aromatic carbocycles. The summed E-state index contributed by atoms with van der Waals surface area (Å²) >= 11 is 6.31. The molecule has 1 saturated carbocycles. The maximum atomic E-state index is 6.31. The summed E-state index contributed by atoms with van der Waals surface area (Å²) in [6.07, 6.45) is 8.26. The van der Waals surface area contributed by atoms with Crippen molar-refractivity contribution in [1.29, 1.82) is 0 Å². The van der Waals surface area contributed by atoms with Gasteiger partial charge in [-0.05, 0) is 43.7 Å². The highest BCUT2D eigenvalue weighted by atomic mass is 35.5. The smallest absolute Gasteiger partial charge is 0.0471 e. The van der Waals surface area contributed by atoms with Gasteiger partial charge in [0.25, 0.3) is 0 Å². The van der Waals surface area contributed by atoms with Gasteiger partial charge in [0.15, 0.2) is 0 Å². The normalized spacial score (nSPS) is 24.3. The summed E-state index contributed by atoms with van der Waals surface area (Å²) in [6.45, 7) is 1.69. The molecule has 2 N–H and O–H groups in total. The number of hydrogen-bond acceptors (Lipinski definition) is 2. The van der Waals surface area contributed by atoms with Crippen molar-refractivity contribution in [2.75, 3.05) is 11.4 Å². The van der Waals surface area contributed by atoms with Crippen LogP contribution < -0.4 is 10.6 Å². The topological polar surface area (TPSA) is 29.3 Å². The summed E-state index contributed by atoms with van der Waals surface area (Å²) in [7, 11) is 0. The van der Waals surface area contributed by atoms with Gasteiger partial charge in [-0.1, -0.05) is 30.5 Å². The standard InChI is InChI=1S/C16H23ClN2/c17-14-7-3-8-16(13(14)11-18)19-10-4-9-15(19)12-5-1-2-6-12/h3,7-8,12,15H,1-2,4-6,9-11,18H2. The van der Waals surface area contributed by atoms with Crippen LogP contribution in [0.25, 0.3) is 0 Å². The molecule has 2 fully saturated rings. The largest absolute Gasteiger partial charge is 0.368 e. The van der Waals surface area contributed by atoms with Crippen molar-refractivity contribution in [2.24, 2.45) is 11.7 Å². The minimum Gasteiger partial charge on any atom is -0.368 e. The van der Waals surface area contributed by atoms with Crippen LogP contribution >= 0.6 is 11.6 Å². The Morgan fingerprint density at radius 3 is 2.68 bits per heavy atom. The Hall–Kier alpha value is -0.730. The van der Waals surface area contributed by atoms with Gasteiger partial charge in [0.2, 0.25) is 0 Å². The highest BCUT2D eigenvalue weighted by Crippen LogP contribution is 2.39. The maximum Gasteiger partial charge on any atom is 0.0471 e. The van der Waals surface area contributed by atoms with Gasteiger partial charge in [-0.3, -0.25) is 0 Å². The predicted molar refractivity (Wildman–Crippen MR) is 81.7 cm³/mol. The lowest BCUT2D eigenvalue weighted by Crippen LogP contribution is -2.35. The summed E-state index contributed by atoms with van der Waals surface area (Å²) in [5, 5.41) is 0.817. The van der Waals surface area contributed by atoms with Crippen molar-refractivity contribution in [3.63, 3.8) is 0 Å². The van der Waals surface area contributed by atoms with Gasteiger partial charge in [0.1, 0.15) is 0 Å². The maximum absolute atomic E-state index is 6.31. The summed E-state index contributed by atoms with van der Waals surface area (Å²) < 4.78 is 0. The average molecular weight is 279 g/mol. The third kappa shape index (κ3) is 2.48. The Balaban J connectivity index is 1.89. The number of halogens is 1. The molecular weight excluding hydrogens is 256 g/mol. The summed E-state index contributed by atoms with van der Waals surface area (Å²) in [5.41, 5.74) is 8.31. The fourth-order valence-corrected chi connectivity index (χ4v) is 4.19. The molecule has 0 aromatic heterocycles. The molecule has 1 atom stereocenters.